The summed E-state index contributed by atoms with van der Waals surface area (Å²) in [6.45, 7) is 2.29. The lowest BCUT2D eigenvalue weighted by atomic mass is 9.93. The Hall–Kier alpha value is -1.69. The van der Waals surface area contributed by atoms with Crippen molar-refractivity contribution < 1.29 is 14.7 Å². The molecule has 5 nitrogen and oxygen atoms in total. The van der Waals surface area contributed by atoms with E-state index in [2.05, 4.69) is 5.32 Å². The summed E-state index contributed by atoms with van der Waals surface area (Å²) in [6, 6.07) is 7.17. The van der Waals surface area contributed by atoms with Gasteiger partial charge in [0.1, 0.15) is 5.54 Å². The topological polar surface area (TPSA) is 69.6 Å². The highest BCUT2D eigenvalue weighted by molar-refractivity contribution is 7.98. The number of carboxylic acid groups (broad SMARTS) is 1. The molecule has 0 radical (unpaired) electrons. The molecule has 1 heterocycles. The van der Waals surface area contributed by atoms with Crippen molar-refractivity contribution in [3.8, 4) is 0 Å². The number of carbonyl (C=O) groups excluding carboxylic acids is 1. The molecule has 0 bridgehead atoms. The normalized spacial score (nSPS) is 21.3. The standard InChI is InChI=1S/C15H20N2O3S/c1-3-15(13(18)19)9-4-10-17(15)14(20)16-11-5-7-12(21-2)8-6-11/h5-8H,3-4,9-10H2,1-2H3,(H,16,20)(H,18,19). The van der Waals surface area contributed by atoms with Crippen LogP contribution >= 0.6 is 11.8 Å². The molecule has 2 N–H and O–H groups in total. The summed E-state index contributed by atoms with van der Waals surface area (Å²) >= 11 is 1.63. The van der Waals surface area contributed by atoms with Crippen molar-refractivity contribution >= 4 is 29.4 Å². The van der Waals surface area contributed by atoms with Crippen molar-refractivity contribution in [1.29, 1.82) is 0 Å². The Morgan fingerprint density at radius 1 is 1.38 bits per heavy atom. The van der Waals surface area contributed by atoms with Crippen molar-refractivity contribution in [3.63, 3.8) is 0 Å². The number of nitrogens with zero attached hydrogens (tertiary/aromatic N) is 1. The first kappa shape index (κ1) is 15.7. The number of benzene rings is 1. The molecule has 1 atom stereocenters. The van der Waals surface area contributed by atoms with Crippen LogP contribution in [-0.4, -0.2) is 40.3 Å². The van der Waals surface area contributed by atoms with Crippen LogP contribution in [0.2, 0.25) is 0 Å². The van der Waals surface area contributed by atoms with Crippen molar-refractivity contribution in [2.75, 3.05) is 18.1 Å². The zero-order chi connectivity index (χ0) is 15.5. The third-order valence-electron chi connectivity index (χ3n) is 4.06. The van der Waals surface area contributed by atoms with Crippen molar-refractivity contribution in [3.05, 3.63) is 24.3 Å². The van der Waals surface area contributed by atoms with Crippen molar-refractivity contribution in [2.24, 2.45) is 0 Å². The van der Waals surface area contributed by atoms with Gasteiger partial charge in [0, 0.05) is 17.1 Å². The van der Waals surface area contributed by atoms with E-state index >= 15 is 0 Å². The molecule has 0 saturated carbocycles. The van der Waals surface area contributed by atoms with Gasteiger partial charge in [-0.3, -0.25) is 0 Å². The van der Waals surface area contributed by atoms with Gasteiger partial charge < -0.3 is 15.3 Å². The van der Waals surface area contributed by atoms with Crippen LogP contribution in [0.3, 0.4) is 0 Å². The Balaban J connectivity index is 2.13. The van der Waals surface area contributed by atoms with Crippen LogP contribution in [0.5, 0.6) is 0 Å². The van der Waals surface area contributed by atoms with Gasteiger partial charge in [0.25, 0.3) is 0 Å². The maximum atomic E-state index is 12.4. The fourth-order valence-electron chi connectivity index (χ4n) is 2.78. The van der Waals surface area contributed by atoms with Gasteiger partial charge in [0.05, 0.1) is 0 Å². The molecule has 2 amide bonds. The molecule has 114 valence electrons. The molecule has 1 saturated heterocycles. The maximum Gasteiger partial charge on any atom is 0.329 e. The Labute approximate surface area is 128 Å². The minimum absolute atomic E-state index is 0.339. The molecule has 1 aromatic carbocycles. The van der Waals surface area contributed by atoms with Crippen LogP contribution in [-0.2, 0) is 4.79 Å². The molecule has 0 aliphatic carbocycles. The minimum Gasteiger partial charge on any atom is -0.479 e. The first-order valence-corrected chi connectivity index (χ1v) is 8.22. The monoisotopic (exact) mass is 308 g/mol. The van der Waals surface area contributed by atoms with Crippen molar-refractivity contribution in [2.45, 2.75) is 36.6 Å². The van der Waals surface area contributed by atoms with Gasteiger partial charge in [-0.1, -0.05) is 6.92 Å². The van der Waals surface area contributed by atoms with E-state index in [0.29, 0.717) is 25.1 Å². The van der Waals surface area contributed by atoms with E-state index in [1.807, 2.05) is 37.4 Å². The molecule has 0 aromatic heterocycles. The zero-order valence-electron chi connectivity index (χ0n) is 12.3. The zero-order valence-corrected chi connectivity index (χ0v) is 13.1. The lowest BCUT2D eigenvalue weighted by Crippen LogP contribution is -2.54. The molecular formula is C15H20N2O3S. The van der Waals surface area contributed by atoms with Crippen molar-refractivity contribution in [1.82, 2.24) is 4.90 Å². The first-order valence-electron chi connectivity index (χ1n) is 6.99. The number of rotatable bonds is 4. The number of likely N-dealkylation sites (tertiary alicyclic amines) is 1. The van der Waals surface area contributed by atoms with Crippen LogP contribution in [0.25, 0.3) is 0 Å². The molecule has 1 fully saturated rings. The number of aliphatic carboxylic acids is 1. The van der Waals surface area contributed by atoms with Crippen LogP contribution in [0, 0.1) is 0 Å². The third-order valence-corrected chi connectivity index (χ3v) is 4.80. The molecule has 1 aromatic rings. The summed E-state index contributed by atoms with van der Waals surface area (Å²) < 4.78 is 0. The second-order valence-corrected chi connectivity index (χ2v) is 5.98. The lowest BCUT2D eigenvalue weighted by molar-refractivity contribution is -0.148. The number of anilines is 1. The van der Waals surface area contributed by atoms with E-state index in [9.17, 15) is 14.7 Å². The number of urea groups is 1. The molecule has 2 rings (SSSR count). The molecule has 21 heavy (non-hydrogen) atoms. The number of thioether (sulfide) groups is 1. The Morgan fingerprint density at radius 3 is 2.57 bits per heavy atom. The second-order valence-electron chi connectivity index (χ2n) is 5.10. The maximum absolute atomic E-state index is 12.4. The van der Waals surface area contributed by atoms with E-state index in [-0.39, 0.29) is 6.03 Å². The third kappa shape index (κ3) is 3.00. The molecule has 6 heteroatoms. The molecule has 1 aliphatic heterocycles. The predicted molar refractivity (Wildman–Crippen MR) is 83.8 cm³/mol. The van der Waals surface area contributed by atoms with Gasteiger partial charge in [-0.25, -0.2) is 9.59 Å². The van der Waals surface area contributed by atoms with Gasteiger partial charge in [-0.2, -0.15) is 0 Å². The lowest BCUT2D eigenvalue weighted by Gasteiger charge is -2.33. The number of hydrogen-bond donors (Lipinski definition) is 2. The summed E-state index contributed by atoms with van der Waals surface area (Å²) in [5, 5.41) is 12.3. The van der Waals surface area contributed by atoms with Gasteiger partial charge in [0.15, 0.2) is 0 Å². The van der Waals surface area contributed by atoms with E-state index in [0.717, 1.165) is 11.3 Å². The quantitative estimate of drug-likeness (QED) is 0.838. The average molecular weight is 308 g/mol. The highest BCUT2D eigenvalue weighted by Crippen LogP contribution is 2.33. The van der Waals surface area contributed by atoms with E-state index in [4.69, 9.17) is 0 Å². The number of carbonyl (C=O) groups is 2. The molecule has 0 spiro atoms. The van der Waals surface area contributed by atoms with Gasteiger partial charge in [-0.05, 0) is 49.8 Å². The van der Waals surface area contributed by atoms with E-state index in [1.165, 1.54) is 4.90 Å². The van der Waals surface area contributed by atoms with Gasteiger partial charge in [-0.15, -0.1) is 11.8 Å². The van der Waals surface area contributed by atoms with E-state index < -0.39 is 11.5 Å². The minimum atomic E-state index is -1.07. The summed E-state index contributed by atoms with van der Waals surface area (Å²) in [5.41, 5.74) is -0.386. The predicted octanol–water partition coefficient (Wildman–Crippen LogP) is 3.27. The summed E-state index contributed by atoms with van der Waals surface area (Å²) in [5.74, 6) is -0.921. The number of amides is 2. The Bertz CT molecular complexity index is 532. The van der Waals surface area contributed by atoms with E-state index in [1.54, 1.807) is 11.8 Å². The fourth-order valence-corrected chi connectivity index (χ4v) is 3.19. The first-order chi connectivity index (χ1) is 10.0. The summed E-state index contributed by atoms with van der Waals surface area (Å²) in [7, 11) is 0. The highest BCUT2D eigenvalue weighted by Gasteiger charge is 2.48. The number of carboxylic acids is 1. The smallest absolute Gasteiger partial charge is 0.329 e. The molecule has 1 unspecified atom stereocenters. The Morgan fingerprint density at radius 2 is 2.05 bits per heavy atom. The van der Waals surface area contributed by atoms with Crippen LogP contribution in [0.4, 0.5) is 10.5 Å². The van der Waals surface area contributed by atoms with Crippen LogP contribution < -0.4 is 5.32 Å². The fraction of sp³-hybridized carbons (Fsp3) is 0.467. The highest BCUT2D eigenvalue weighted by atomic mass is 32.2. The molecular weight excluding hydrogens is 288 g/mol. The van der Waals surface area contributed by atoms with Gasteiger partial charge >= 0.3 is 12.0 Å². The van der Waals surface area contributed by atoms with Gasteiger partial charge in [0.2, 0.25) is 0 Å². The second kappa shape index (κ2) is 6.39. The SMILES string of the molecule is CCC1(C(=O)O)CCCN1C(=O)Nc1ccc(SC)cc1. The number of hydrogen-bond acceptors (Lipinski definition) is 3. The number of nitrogens with one attached hydrogen (secondary N) is 1. The van der Waals surface area contributed by atoms with Crippen LogP contribution in [0.15, 0.2) is 29.2 Å². The summed E-state index contributed by atoms with van der Waals surface area (Å²) in [4.78, 5) is 26.5. The van der Waals surface area contributed by atoms with Crippen LogP contribution in [0.1, 0.15) is 26.2 Å². The average Bonchev–Trinajstić information content (AvgIpc) is 2.93. The molecule has 1 aliphatic rings. The largest absolute Gasteiger partial charge is 0.479 e. The Kier molecular flexibility index (Phi) is 4.77. The summed E-state index contributed by atoms with van der Waals surface area (Å²) in [6.07, 6.45) is 3.64.